The van der Waals surface area contributed by atoms with Gasteiger partial charge in [0.1, 0.15) is 12.1 Å². The second-order valence-electron chi connectivity index (χ2n) is 9.74. The first-order valence-electron chi connectivity index (χ1n) is 12.0. The summed E-state index contributed by atoms with van der Waals surface area (Å²) in [7, 11) is 1.65. The zero-order chi connectivity index (χ0) is 23.9. The molecule has 0 bridgehead atoms. The summed E-state index contributed by atoms with van der Waals surface area (Å²) in [5, 5.41) is 2.93. The topological polar surface area (TPSA) is 79.0 Å². The van der Waals surface area contributed by atoms with Crippen LogP contribution >= 0.6 is 0 Å². The van der Waals surface area contributed by atoms with Gasteiger partial charge in [0.15, 0.2) is 0 Å². The van der Waals surface area contributed by atoms with Gasteiger partial charge >= 0.3 is 6.03 Å². The Labute approximate surface area is 200 Å². The molecule has 1 aliphatic heterocycles. The number of rotatable bonds is 8. The van der Waals surface area contributed by atoms with Crippen LogP contribution in [0.3, 0.4) is 0 Å². The van der Waals surface area contributed by atoms with E-state index >= 15 is 0 Å². The van der Waals surface area contributed by atoms with Crippen molar-refractivity contribution in [3.05, 3.63) is 70.8 Å². The minimum absolute atomic E-state index is 0.0637. The summed E-state index contributed by atoms with van der Waals surface area (Å²) in [6.45, 7) is 2.79. The number of hydrogen-bond acceptors (Lipinski definition) is 4. The Bertz CT molecular complexity index is 1110. The molecule has 3 aliphatic rings. The van der Waals surface area contributed by atoms with Crippen molar-refractivity contribution in [2.24, 2.45) is 5.92 Å². The SMILES string of the molecule is COCc1ccc2c(c1)CCC21NC(=O)N(CC(=O)N(Cc2ccccc2)C(C)C2CC2)C1=O. The Hall–Kier alpha value is -3.19. The highest BCUT2D eigenvalue weighted by Gasteiger charge is 2.55. The van der Waals surface area contributed by atoms with Crippen LogP contribution < -0.4 is 5.32 Å². The number of nitrogens with zero attached hydrogens (tertiary/aromatic N) is 2. The quantitative estimate of drug-likeness (QED) is 0.612. The average Bonchev–Trinajstić information content (AvgIpc) is 3.59. The number of carbonyl (C=O) groups excluding carboxylic acids is 3. The molecule has 2 aromatic carbocycles. The summed E-state index contributed by atoms with van der Waals surface area (Å²) in [6, 6.07) is 15.3. The van der Waals surface area contributed by atoms with E-state index in [9.17, 15) is 14.4 Å². The summed E-state index contributed by atoms with van der Waals surface area (Å²) in [4.78, 5) is 43.0. The number of nitrogens with one attached hydrogen (secondary N) is 1. The van der Waals surface area contributed by atoms with Gasteiger partial charge in [-0.15, -0.1) is 0 Å². The van der Waals surface area contributed by atoms with E-state index in [2.05, 4.69) is 12.2 Å². The largest absolute Gasteiger partial charge is 0.380 e. The molecule has 2 unspecified atom stereocenters. The monoisotopic (exact) mass is 461 g/mol. The lowest BCUT2D eigenvalue weighted by atomic mass is 9.91. The molecule has 1 saturated carbocycles. The van der Waals surface area contributed by atoms with Crippen LogP contribution in [0.2, 0.25) is 0 Å². The van der Waals surface area contributed by atoms with Crippen molar-refractivity contribution >= 4 is 17.8 Å². The molecule has 1 heterocycles. The first-order chi connectivity index (χ1) is 16.4. The van der Waals surface area contributed by atoms with Crippen molar-refractivity contribution in [1.82, 2.24) is 15.1 Å². The molecule has 1 N–H and O–H groups in total. The Kier molecular flexibility index (Phi) is 5.90. The molecule has 7 heteroatoms. The second kappa shape index (κ2) is 8.87. The standard InChI is InChI=1S/C27H31N3O4/c1-18(21-9-10-21)29(15-19-6-4-3-5-7-19)24(31)16-30-25(32)27(28-26(30)33)13-12-22-14-20(17-34-2)8-11-23(22)27/h3-8,11,14,18,21H,9-10,12-13,15-17H2,1-2H3,(H,28,33). The van der Waals surface area contributed by atoms with Crippen molar-refractivity contribution in [3.63, 3.8) is 0 Å². The van der Waals surface area contributed by atoms with Gasteiger partial charge in [0.2, 0.25) is 5.91 Å². The molecule has 178 valence electrons. The van der Waals surface area contributed by atoms with Gasteiger partial charge in [-0.2, -0.15) is 0 Å². The zero-order valence-electron chi connectivity index (χ0n) is 19.8. The highest BCUT2D eigenvalue weighted by atomic mass is 16.5. The predicted molar refractivity (Wildman–Crippen MR) is 127 cm³/mol. The summed E-state index contributed by atoms with van der Waals surface area (Å²) in [5.41, 5.74) is 2.86. The molecule has 7 nitrogen and oxygen atoms in total. The summed E-state index contributed by atoms with van der Waals surface area (Å²) in [6.07, 6.45) is 3.40. The van der Waals surface area contributed by atoms with Crippen molar-refractivity contribution in [2.45, 2.75) is 57.3 Å². The fraction of sp³-hybridized carbons (Fsp3) is 0.444. The fourth-order valence-electron chi connectivity index (χ4n) is 5.40. The predicted octanol–water partition coefficient (Wildman–Crippen LogP) is 3.35. The van der Waals surface area contributed by atoms with Crippen LogP contribution in [0.1, 0.15) is 48.4 Å². The molecule has 5 rings (SSSR count). The van der Waals surface area contributed by atoms with E-state index in [1.54, 1.807) is 7.11 Å². The molecule has 34 heavy (non-hydrogen) atoms. The number of imide groups is 1. The molecule has 4 amide bonds. The van der Waals surface area contributed by atoms with Crippen LogP contribution in [0.4, 0.5) is 4.79 Å². The number of benzene rings is 2. The number of carbonyl (C=O) groups is 3. The van der Waals surface area contributed by atoms with Crippen LogP contribution in [-0.2, 0) is 39.4 Å². The first-order valence-corrected chi connectivity index (χ1v) is 12.0. The number of amides is 4. The Morgan fingerprint density at radius 3 is 2.65 bits per heavy atom. The normalized spacial score (nSPS) is 22.1. The highest BCUT2D eigenvalue weighted by molar-refractivity contribution is 6.10. The molecule has 2 aromatic rings. The van der Waals surface area contributed by atoms with Crippen LogP contribution in [0.5, 0.6) is 0 Å². The Balaban J connectivity index is 1.36. The lowest BCUT2D eigenvalue weighted by Gasteiger charge is -2.31. The number of methoxy groups -OCH3 is 1. The maximum absolute atomic E-state index is 13.6. The van der Waals surface area contributed by atoms with Crippen LogP contribution in [-0.4, -0.2) is 47.3 Å². The molecule has 0 aromatic heterocycles. The maximum atomic E-state index is 13.6. The third-order valence-corrected chi connectivity index (χ3v) is 7.49. The molecular weight excluding hydrogens is 430 g/mol. The third-order valence-electron chi connectivity index (χ3n) is 7.49. The molecule has 2 atom stereocenters. The number of ether oxygens (including phenoxy) is 1. The van der Waals surface area contributed by atoms with Gasteiger partial charge < -0.3 is 15.0 Å². The van der Waals surface area contributed by atoms with E-state index in [0.717, 1.165) is 40.0 Å². The Morgan fingerprint density at radius 2 is 1.94 bits per heavy atom. The zero-order valence-corrected chi connectivity index (χ0v) is 19.8. The van der Waals surface area contributed by atoms with Gasteiger partial charge in [0, 0.05) is 19.7 Å². The van der Waals surface area contributed by atoms with E-state index < -0.39 is 11.6 Å². The second-order valence-corrected chi connectivity index (χ2v) is 9.74. The molecule has 0 radical (unpaired) electrons. The lowest BCUT2D eigenvalue weighted by molar-refractivity contribution is -0.141. The van der Waals surface area contributed by atoms with E-state index in [1.165, 1.54) is 0 Å². The summed E-state index contributed by atoms with van der Waals surface area (Å²) >= 11 is 0. The van der Waals surface area contributed by atoms with Crippen molar-refractivity contribution in [3.8, 4) is 0 Å². The lowest BCUT2D eigenvalue weighted by Crippen LogP contribution is -2.47. The van der Waals surface area contributed by atoms with Gasteiger partial charge in [-0.05, 0) is 60.8 Å². The number of hydrogen-bond donors (Lipinski definition) is 1. The molecular formula is C27H31N3O4. The van der Waals surface area contributed by atoms with E-state index in [0.29, 0.717) is 31.9 Å². The van der Waals surface area contributed by atoms with Crippen LogP contribution in [0.25, 0.3) is 0 Å². The Morgan fingerprint density at radius 1 is 1.18 bits per heavy atom. The number of fused-ring (bicyclic) bond motifs is 2. The van der Waals surface area contributed by atoms with E-state index in [1.807, 2.05) is 53.4 Å². The maximum Gasteiger partial charge on any atom is 0.325 e. The molecule has 1 spiro atoms. The minimum Gasteiger partial charge on any atom is -0.380 e. The van der Waals surface area contributed by atoms with Crippen LogP contribution in [0.15, 0.2) is 48.5 Å². The highest BCUT2D eigenvalue weighted by Crippen LogP contribution is 2.42. The van der Waals surface area contributed by atoms with Crippen molar-refractivity contribution in [2.75, 3.05) is 13.7 Å². The summed E-state index contributed by atoms with van der Waals surface area (Å²) in [5.74, 6) is -0.0505. The van der Waals surface area contributed by atoms with Crippen LogP contribution in [0, 0.1) is 5.92 Å². The number of aryl methyl sites for hydroxylation is 1. The van der Waals surface area contributed by atoms with Gasteiger partial charge in [-0.3, -0.25) is 14.5 Å². The molecule has 1 saturated heterocycles. The van der Waals surface area contributed by atoms with Gasteiger partial charge in [0.05, 0.1) is 6.61 Å². The third kappa shape index (κ3) is 3.98. The summed E-state index contributed by atoms with van der Waals surface area (Å²) < 4.78 is 5.22. The first kappa shape index (κ1) is 22.6. The van der Waals surface area contributed by atoms with Gasteiger partial charge in [-0.25, -0.2) is 4.79 Å². The van der Waals surface area contributed by atoms with Gasteiger partial charge in [0.25, 0.3) is 5.91 Å². The average molecular weight is 462 g/mol. The van der Waals surface area contributed by atoms with E-state index in [4.69, 9.17) is 4.74 Å². The molecule has 2 fully saturated rings. The van der Waals surface area contributed by atoms with Crippen molar-refractivity contribution in [1.29, 1.82) is 0 Å². The fourth-order valence-corrected chi connectivity index (χ4v) is 5.40. The number of urea groups is 1. The smallest absolute Gasteiger partial charge is 0.325 e. The molecule has 2 aliphatic carbocycles. The minimum atomic E-state index is -1.08. The van der Waals surface area contributed by atoms with E-state index in [-0.39, 0.29) is 24.4 Å². The van der Waals surface area contributed by atoms with Crippen molar-refractivity contribution < 1.29 is 19.1 Å². The van der Waals surface area contributed by atoms with Gasteiger partial charge in [-0.1, -0.05) is 48.5 Å².